The summed E-state index contributed by atoms with van der Waals surface area (Å²) >= 11 is 3.41. The van der Waals surface area contributed by atoms with Crippen LogP contribution in [0.2, 0.25) is 0 Å². The topological polar surface area (TPSA) is 42.2 Å². The number of hydrogen-bond acceptors (Lipinski definition) is 3. The second kappa shape index (κ2) is 4.82. The van der Waals surface area contributed by atoms with Gasteiger partial charge < -0.3 is 5.32 Å². The molecule has 0 aromatic carbocycles. The minimum atomic E-state index is 0.637. The van der Waals surface area contributed by atoms with Crippen molar-refractivity contribution in [1.82, 2.24) is 14.6 Å². The summed E-state index contributed by atoms with van der Waals surface area (Å²) in [7, 11) is 0. The maximum Gasteiger partial charge on any atom is 0.243 e. The Morgan fingerprint density at radius 1 is 1.50 bits per heavy atom. The van der Waals surface area contributed by atoms with Crippen LogP contribution in [0, 0.1) is 5.92 Å². The van der Waals surface area contributed by atoms with Crippen LogP contribution in [0.25, 0.3) is 5.65 Å². The predicted molar refractivity (Wildman–Crippen MR) is 68.6 cm³/mol. The number of hydrogen-bond donors (Lipinski definition) is 1. The van der Waals surface area contributed by atoms with E-state index >= 15 is 0 Å². The summed E-state index contributed by atoms with van der Waals surface area (Å²) in [5.74, 6) is 1.33. The van der Waals surface area contributed by atoms with Gasteiger partial charge in [-0.3, -0.25) is 0 Å². The number of fused-ring (bicyclic) bond motifs is 1. The fourth-order valence-corrected chi connectivity index (χ4v) is 1.67. The molecule has 0 saturated heterocycles. The first-order valence-electron chi connectivity index (χ1n) is 5.45. The maximum absolute atomic E-state index is 4.38. The first kappa shape index (κ1) is 11.4. The van der Waals surface area contributed by atoms with Gasteiger partial charge in [0.1, 0.15) is 0 Å². The van der Waals surface area contributed by atoms with Gasteiger partial charge in [-0.25, -0.2) is 4.52 Å². The molecule has 1 N–H and O–H groups in total. The van der Waals surface area contributed by atoms with Crippen molar-refractivity contribution in [1.29, 1.82) is 0 Å². The Morgan fingerprint density at radius 3 is 3.06 bits per heavy atom. The van der Waals surface area contributed by atoms with Gasteiger partial charge in [0.15, 0.2) is 5.65 Å². The summed E-state index contributed by atoms with van der Waals surface area (Å²) in [6.07, 6.45) is 3.06. The van der Waals surface area contributed by atoms with Crippen molar-refractivity contribution in [3.05, 3.63) is 22.8 Å². The third kappa shape index (κ3) is 2.52. The summed E-state index contributed by atoms with van der Waals surface area (Å²) in [5.41, 5.74) is 0.856. The van der Waals surface area contributed by atoms with E-state index in [9.17, 15) is 0 Å². The molecule has 2 aromatic heterocycles. The highest BCUT2D eigenvalue weighted by Gasteiger charge is 2.04. The standard InChI is InChI=1S/C11H15BrN4/c1-3-8(2)6-13-11-14-10-5-4-9(12)7-16(10)15-11/h4-5,7-8H,3,6H2,1-2H3,(H,13,15). The van der Waals surface area contributed by atoms with Gasteiger partial charge >= 0.3 is 0 Å². The first-order chi connectivity index (χ1) is 7.69. The molecule has 2 rings (SSSR count). The van der Waals surface area contributed by atoms with Gasteiger partial charge in [0.25, 0.3) is 0 Å². The lowest BCUT2D eigenvalue weighted by Gasteiger charge is -2.07. The molecule has 2 aromatic rings. The van der Waals surface area contributed by atoms with Gasteiger partial charge in [0.2, 0.25) is 5.95 Å². The molecule has 0 spiro atoms. The molecule has 2 heterocycles. The Balaban J connectivity index is 2.13. The molecule has 0 bridgehead atoms. The molecule has 0 fully saturated rings. The van der Waals surface area contributed by atoms with Crippen LogP contribution in [0.15, 0.2) is 22.8 Å². The zero-order chi connectivity index (χ0) is 11.5. The van der Waals surface area contributed by atoms with Crippen LogP contribution in [-0.2, 0) is 0 Å². The van der Waals surface area contributed by atoms with Crippen LogP contribution < -0.4 is 5.32 Å². The van der Waals surface area contributed by atoms with Crippen molar-refractivity contribution >= 4 is 27.5 Å². The number of pyridine rings is 1. The van der Waals surface area contributed by atoms with E-state index in [4.69, 9.17) is 0 Å². The lowest BCUT2D eigenvalue weighted by Crippen LogP contribution is -2.11. The zero-order valence-electron chi connectivity index (χ0n) is 9.44. The fraction of sp³-hybridized carbons (Fsp3) is 0.455. The summed E-state index contributed by atoms with van der Waals surface area (Å²) < 4.78 is 2.77. The van der Waals surface area contributed by atoms with Gasteiger partial charge in [0.05, 0.1) is 0 Å². The second-order valence-electron chi connectivity index (χ2n) is 3.98. The van der Waals surface area contributed by atoms with Gasteiger partial charge in [-0.05, 0) is 34.0 Å². The SMILES string of the molecule is CCC(C)CNc1nc2ccc(Br)cn2n1. The van der Waals surface area contributed by atoms with Crippen molar-refractivity contribution in [2.75, 3.05) is 11.9 Å². The van der Waals surface area contributed by atoms with Crippen LogP contribution in [0.3, 0.4) is 0 Å². The lowest BCUT2D eigenvalue weighted by atomic mass is 10.1. The predicted octanol–water partition coefficient (Wildman–Crippen LogP) is 2.95. The van der Waals surface area contributed by atoms with Crippen LogP contribution >= 0.6 is 15.9 Å². The van der Waals surface area contributed by atoms with E-state index < -0.39 is 0 Å². The zero-order valence-corrected chi connectivity index (χ0v) is 11.0. The van der Waals surface area contributed by atoms with Crippen LogP contribution in [-0.4, -0.2) is 21.1 Å². The number of nitrogens with one attached hydrogen (secondary N) is 1. The molecule has 0 radical (unpaired) electrons. The third-order valence-electron chi connectivity index (χ3n) is 2.60. The second-order valence-corrected chi connectivity index (χ2v) is 4.90. The Hall–Kier alpha value is -1.10. The first-order valence-corrected chi connectivity index (χ1v) is 6.24. The quantitative estimate of drug-likeness (QED) is 0.938. The monoisotopic (exact) mass is 282 g/mol. The van der Waals surface area contributed by atoms with Gasteiger partial charge in [-0.15, -0.1) is 5.10 Å². The molecule has 1 atom stereocenters. The molecular weight excluding hydrogens is 268 g/mol. The highest BCUT2D eigenvalue weighted by Crippen LogP contribution is 2.12. The summed E-state index contributed by atoms with van der Waals surface area (Å²) in [6, 6.07) is 3.90. The van der Waals surface area contributed by atoms with Crippen molar-refractivity contribution in [2.45, 2.75) is 20.3 Å². The van der Waals surface area contributed by atoms with Gasteiger partial charge in [0, 0.05) is 17.2 Å². The molecule has 5 heteroatoms. The van der Waals surface area contributed by atoms with Gasteiger partial charge in [-0.2, -0.15) is 4.98 Å². The van der Waals surface area contributed by atoms with Crippen molar-refractivity contribution in [3.8, 4) is 0 Å². The minimum absolute atomic E-state index is 0.637. The average molecular weight is 283 g/mol. The van der Waals surface area contributed by atoms with E-state index in [0.717, 1.165) is 23.1 Å². The summed E-state index contributed by atoms with van der Waals surface area (Å²) in [6.45, 7) is 5.30. The Kier molecular flexibility index (Phi) is 3.43. The normalized spacial score (nSPS) is 12.9. The molecule has 1 unspecified atom stereocenters. The average Bonchev–Trinajstić information content (AvgIpc) is 2.67. The molecule has 16 heavy (non-hydrogen) atoms. The number of anilines is 1. The molecular formula is C11H15BrN4. The third-order valence-corrected chi connectivity index (χ3v) is 3.07. The Bertz CT molecular complexity index is 480. The van der Waals surface area contributed by atoms with Crippen molar-refractivity contribution in [3.63, 3.8) is 0 Å². The number of halogens is 1. The van der Waals surface area contributed by atoms with Crippen LogP contribution in [0.4, 0.5) is 5.95 Å². The smallest absolute Gasteiger partial charge is 0.243 e. The minimum Gasteiger partial charge on any atom is -0.353 e. The van der Waals surface area contributed by atoms with Crippen molar-refractivity contribution in [2.24, 2.45) is 5.92 Å². The lowest BCUT2D eigenvalue weighted by molar-refractivity contribution is 0.591. The molecule has 0 aliphatic heterocycles. The molecule has 0 aliphatic carbocycles. The summed E-state index contributed by atoms with van der Waals surface area (Å²) in [5, 5.41) is 7.59. The van der Waals surface area contributed by atoms with E-state index in [1.807, 2.05) is 18.3 Å². The maximum atomic E-state index is 4.38. The van der Waals surface area contributed by atoms with E-state index in [1.54, 1.807) is 4.52 Å². The highest BCUT2D eigenvalue weighted by molar-refractivity contribution is 9.10. The number of aromatic nitrogens is 3. The van der Waals surface area contributed by atoms with Crippen LogP contribution in [0.5, 0.6) is 0 Å². The van der Waals surface area contributed by atoms with Gasteiger partial charge in [-0.1, -0.05) is 20.3 Å². The fourth-order valence-electron chi connectivity index (χ4n) is 1.34. The van der Waals surface area contributed by atoms with Crippen LogP contribution in [0.1, 0.15) is 20.3 Å². The molecule has 0 saturated carbocycles. The highest BCUT2D eigenvalue weighted by atomic mass is 79.9. The van der Waals surface area contributed by atoms with E-state index in [2.05, 4.69) is 45.2 Å². The Morgan fingerprint density at radius 2 is 2.31 bits per heavy atom. The largest absolute Gasteiger partial charge is 0.353 e. The molecule has 0 aliphatic rings. The van der Waals surface area contributed by atoms with E-state index in [-0.39, 0.29) is 0 Å². The number of rotatable bonds is 4. The molecule has 86 valence electrons. The molecule has 0 amide bonds. The van der Waals surface area contributed by atoms with Crippen molar-refractivity contribution < 1.29 is 0 Å². The van der Waals surface area contributed by atoms with E-state index in [0.29, 0.717) is 11.9 Å². The Labute approximate surface area is 103 Å². The van der Waals surface area contributed by atoms with E-state index in [1.165, 1.54) is 0 Å². The molecule has 4 nitrogen and oxygen atoms in total. The number of nitrogens with zero attached hydrogens (tertiary/aromatic N) is 3. The summed E-state index contributed by atoms with van der Waals surface area (Å²) in [4.78, 5) is 4.38.